The van der Waals surface area contributed by atoms with Crippen molar-refractivity contribution in [1.29, 1.82) is 0 Å². The lowest BCUT2D eigenvalue weighted by molar-refractivity contribution is 0.0240. The molecule has 0 unspecified atom stereocenters. The molecule has 0 bridgehead atoms. The lowest BCUT2D eigenvalue weighted by Crippen LogP contribution is -2.51. The minimum atomic E-state index is -0.530. The van der Waals surface area contributed by atoms with Crippen molar-refractivity contribution >= 4 is 0 Å². The molecule has 0 radical (unpaired) electrons. The third-order valence-electron chi connectivity index (χ3n) is 6.38. The van der Waals surface area contributed by atoms with Crippen LogP contribution in [0.25, 0.3) is 0 Å². The molecule has 34 heavy (non-hydrogen) atoms. The van der Waals surface area contributed by atoms with Crippen LogP contribution >= 0.6 is 0 Å². The van der Waals surface area contributed by atoms with Gasteiger partial charge in [0.25, 0.3) is 0 Å². The average molecular weight is 471 g/mol. The molecule has 3 rings (SSSR count). The van der Waals surface area contributed by atoms with Crippen LogP contribution in [-0.2, 0) is 0 Å². The van der Waals surface area contributed by atoms with E-state index in [0.717, 1.165) is 37.7 Å². The van der Waals surface area contributed by atoms with Crippen LogP contribution in [0, 0.1) is 0 Å². The minimum Gasteiger partial charge on any atom is -0.491 e. The molecule has 188 valence electrons. The first-order valence-corrected chi connectivity index (χ1v) is 12.6. The predicted molar refractivity (Wildman–Crippen MR) is 137 cm³/mol. The van der Waals surface area contributed by atoms with Gasteiger partial charge in [0, 0.05) is 39.3 Å². The van der Waals surface area contributed by atoms with Crippen LogP contribution in [0.15, 0.2) is 48.5 Å². The summed E-state index contributed by atoms with van der Waals surface area (Å²) in [5, 5.41) is 20.8. The molecule has 0 spiro atoms. The zero-order valence-corrected chi connectivity index (χ0v) is 21.2. The summed E-state index contributed by atoms with van der Waals surface area (Å²) >= 11 is 0. The fraction of sp³-hybridized carbons (Fsp3) is 0.571. The summed E-state index contributed by atoms with van der Waals surface area (Å²) in [6.07, 6.45) is -1.06. The van der Waals surface area contributed by atoms with Crippen LogP contribution in [0.1, 0.15) is 50.7 Å². The number of β-amino-alcohol motifs (C(OH)–C–C–N with tert-alkyl or cyclic N) is 2. The highest BCUT2D eigenvalue weighted by Gasteiger charge is 2.21. The molecule has 2 aromatic carbocycles. The molecule has 1 aliphatic heterocycles. The number of nitrogens with zero attached hydrogens (tertiary/aromatic N) is 2. The third-order valence-corrected chi connectivity index (χ3v) is 6.38. The second-order valence-electron chi connectivity index (χ2n) is 9.98. The van der Waals surface area contributed by atoms with Crippen molar-refractivity contribution < 1.29 is 19.7 Å². The van der Waals surface area contributed by atoms with Crippen molar-refractivity contribution in [1.82, 2.24) is 9.80 Å². The molecule has 0 saturated carbocycles. The SMILES string of the molecule is CC(C)c1ccc(OC[C@@H](O)CN2CCN(C[C@H](O)COc3ccc(C(C)C)cc3)CC2)cc1. The van der Waals surface area contributed by atoms with E-state index in [1.807, 2.05) is 24.3 Å². The van der Waals surface area contributed by atoms with Crippen LogP contribution in [0.2, 0.25) is 0 Å². The van der Waals surface area contributed by atoms with E-state index in [1.54, 1.807) is 0 Å². The summed E-state index contributed by atoms with van der Waals surface area (Å²) < 4.78 is 11.5. The molecule has 0 aliphatic carbocycles. The predicted octanol–water partition coefficient (Wildman–Crippen LogP) is 3.73. The first kappa shape index (κ1) is 26.5. The average Bonchev–Trinajstić information content (AvgIpc) is 2.83. The van der Waals surface area contributed by atoms with Crippen molar-refractivity contribution in [2.45, 2.75) is 51.7 Å². The number of benzene rings is 2. The molecule has 1 saturated heterocycles. The number of rotatable bonds is 12. The standard InChI is InChI=1S/C28H42N2O4/c1-21(2)23-5-9-27(10-6-23)33-19-25(31)17-29-13-15-30(16-14-29)18-26(32)20-34-28-11-7-24(8-12-28)22(3)4/h5-12,21-22,25-26,31-32H,13-20H2,1-4H3/t25-,26-/m0/s1. The van der Waals surface area contributed by atoms with Gasteiger partial charge in [0.2, 0.25) is 0 Å². The summed E-state index contributed by atoms with van der Waals surface area (Å²) in [6, 6.07) is 16.2. The zero-order chi connectivity index (χ0) is 24.5. The van der Waals surface area contributed by atoms with Gasteiger partial charge in [0.05, 0.1) is 0 Å². The Labute approximate surface area is 205 Å². The van der Waals surface area contributed by atoms with Gasteiger partial charge in [-0.15, -0.1) is 0 Å². The van der Waals surface area contributed by atoms with Gasteiger partial charge >= 0.3 is 0 Å². The maximum absolute atomic E-state index is 10.4. The van der Waals surface area contributed by atoms with E-state index < -0.39 is 12.2 Å². The molecule has 6 heteroatoms. The largest absolute Gasteiger partial charge is 0.491 e. The number of aliphatic hydroxyl groups is 2. The summed E-state index contributed by atoms with van der Waals surface area (Å²) in [4.78, 5) is 4.51. The lowest BCUT2D eigenvalue weighted by atomic mass is 10.0. The van der Waals surface area contributed by atoms with Gasteiger partial charge in [-0.05, 0) is 47.2 Å². The summed E-state index contributed by atoms with van der Waals surface area (Å²) in [5.74, 6) is 2.57. The fourth-order valence-electron chi connectivity index (χ4n) is 4.14. The van der Waals surface area contributed by atoms with E-state index in [0.29, 0.717) is 24.9 Å². The van der Waals surface area contributed by atoms with E-state index in [2.05, 4.69) is 61.8 Å². The highest BCUT2D eigenvalue weighted by Crippen LogP contribution is 2.20. The molecular formula is C28H42N2O4. The molecule has 0 amide bonds. The van der Waals surface area contributed by atoms with Gasteiger partial charge in [-0.2, -0.15) is 0 Å². The quantitative estimate of drug-likeness (QED) is 0.493. The monoisotopic (exact) mass is 470 g/mol. The van der Waals surface area contributed by atoms with Gasteiger partial charge in [-0.3, -0.25) is 9.80 Å². The molecule has 6 nitrogen and oxygen atoms in total. The van der Waals surface area contributed by atoms with E-state index >= 15 is 0 Å². The number of hydrogen-bond donors (Lipinski definition) is 2. The Bertz CT molecular complexity index is 759. The topological polar surface area (TPSA) is 65.4 Å². The number of ether oxygens (including phenoxy) is 2. The highest BCUT2D eigenvalue weighted by atomic mass is 16.5. The Kier molecular flexibility index (Phi) is 10.2. The van der Waals surface area contributed by atoms with Gasteiger partial charge < -0.3 is 19.7 Å². The molecule has 1 fully saturated rings. The van der Waals surface area contributed by atoms with Gasteiger partial charge in [-0.25, -0.2) is 0 Å². The molecule has 2 N–H and O–H groups in total. The summed E-state index contributed by atoms with van der Waals surface area (Å²) in [5.41, 5.74) is 2.56. The number of piperazine rings is 1. The zero-order valence-electron chi connectivity index (χ0n) is 21.2. The molecule has 2 aromatic rings. The van der Waals surface area contributed by atoms with Crippen LogP contribution in [0.5, 0.6) is 11.5 Å². The molecular weight excluding hydrogens is 428 g/mol. The minimum absolute atomic E-state index is 0.287. The first-order valence-electron chi connectivity index (χ1n) is 12.6. The normalized spacial score (nSPS) is 17.2. The Morgan fingerprint density at radius 2 is 0.941 bits per heavy atom. The van der Waals surface area contributed by atoms with Crippen LogP contribution in [-0.4, -0.2) is 84.7 Å². The summed E-state index contributed by atoms with van der Waals surface area (Å²) in [7, 11) is 0. The second-order valence-corrected chi connectivity index (χ2v) is 9.98. The van der Waals surface area contributed by atoms with Crippen molar-refractivity contribution in [2.75, 3.05) is 52.5 Å². The van der Waals surface area contributed by atoms with Gasteiger partial charge in [0.1, 0.15) is 36.9 Å². The van der Waals surface area contributed by atoms with E-state index in [9.17, 15) is 10.2 Å². The molecule has 1 aliphatic rings. The third kappa shape index (κ3) is 8.58. The van der Waals surface area contributed by atoms with E-state index in [4.69, 9.17) is 9.47 Å². The maximum Gasteiger partial charge on any atom is 0.119 e. The number of hydrogen-bond acceptors (Lipinski definition) is 6. The van der Waals surface area contributed by atoms with Crippen LogP contribution in [0.3, 0.4) is 0 Å². The maximum atomic E-state index is 10.4. The van der Waals surface area contributed by atoms with Crippen molar-refractivity contribution in [3.63, 3.8) is 0 Å². The Morgan fingerprint density at radius 1 is 0.618 bits per heavy atom. The molecule has 2 atom stereocenters. The Morgan fingerprint density at radius 3 is 1.24 bits per heavy atom. The van der Waals surface area contributed by atoms with Crippen molar-refractivity contribution in [3.05, 3.63) is 59.7 Å². The first-order chi connectivity index (χ1) is 16.3. The summed E-state index contributed by atoms with van der Waals surface area (Å²) in [6.45, 7) is 13.9. The molecule has 0 aromatic heterocycles. The van der Waals surface area contributed by atoms with Crippen LogP contribution < -0.4 is 9.47 Å². The van der Waals surface area contributed by atoms with Gasteiger partial charge in [-0.1, -0.05) is 52.0 Å². The van der Waals surface area contributed by atoms with Gasteiger partial charge in [0.15, 0.2) is 0 Å². The number of aliphatic hydroxyl groups excluding tert-OH is 2. The van der Waals surface area contributed by atoms with Crippen molar-refractivity contribution in [3.8, 4) is 11.5 Å². The lowest BCUT2D eigenvalue weighted by Gasteiger charge is -2.36. The fourth-order valence-corrected chi connectivity index (χ4v) is 4.14. The Hall–Kier alpha value is -2.12. The van der Waals surface area contributed by atoms with E-state index in [-0.39, 0.29) is 13.2 Å². The highest BCUT2D eigenvalue weighted by molar-refractivity contribution is 5.29. The smallest absolute Gasteiger partial charge is 0.119 e. The second kappa shape index (κ2) is 13.1. The van der Waals surface area contributed by atoms with Crippen molar-refractivity contribution in [2.24, 2.45) is 0 Å². The Balaban J connectivity index is 1.30. The van der Waals surface area contributed by atoms with Crippen LogP contribution in [0.4, 0.5) is 0 Å². The molecule has 1 heterocycles. The van der Waals surface area contributed by atoms with E-state index in [1.165, 1.54) is 11.1 Å².